The molecule has 0 unspecified atom stereocenters. The van der Waals surface area contributed by atoms with Gasteiger partial charge in [-0.25, -0.2) is 0 Å². The number of nitrogens with one attached hydrogen (secondary N) is 1. The van der Waals surface area contributed by atoms with Crippen LogP contribution in [0.5, 0.6) is 11.5 Å². The van der Waals surface area contributed by atoms with Crippen molar-refractivity contribution in [3.05, 3.63) is 23.8 Å². The lowest BCUT2D eigenvalue weighted by Gasteiger charge is -2.11. The molecule has 0 saturated heterocycles. The van der Waals surface area contributed by atoms with E-state index in [1.165, 1.54) is 37.0 Å². The molecule has 0 amide bonds. The highest BCUT2D eigenvalue weighted by Crippen LogP contribution is 2.27. The van der Waals surface area contributed by atoms with Gasteiger partial charge in [0.2, 0.25) is 0 Å². The first kappa shape index (κ1) is 18.2. The molecule has 0 spiro atoms. The number of ether oxygens (including phenoxy) is 2. The Labute approximate surface area is 133 Å². The van der Waals surface area contributed by atoms with Crippen molar-refractivity contribution >= 4 is 11.8 Å². The summed E-state index contributed by atoms with van der Waals surface area (Å²) in [5.41, 5.74) is 1.24. The molecule has 0 radical (unpaired) electrons. The van der Waals surface area contributed by atoms with E-state index >= 15 is 0 Å². The van der Waals surface area contributed by atoms with E-state index in [0.29, 0.717) is 6.61 Å². The minimum absolute atomic E-state index is 0.656. The van der Waals surface area contributed by atoms with Crippen LogP contribution in [0.1, 0.15) is 38.2 Å². The Hall–Kier alpha value is -0.870. The largest absolute Gasteiger partial charge is 0.493 e. The van der Waals surface area contributed by atoms with Gasteiger partial charge in [0.25, 0.3) is 0 Å². The summed E-state index contributed by atoms with van der Waals surface area (Å²) < 4.78 is 10.9. The number of unbranched alkanes of at least 4 members (excludes halogenated alkanes) is 3. The van der Waals surface area contributed by atoms with Crippen molar-refractivity contribution in [1.29, 1.82) is 0 Å². The molecule has 1 N–H and O–H groups in total. The van der Waals surface area contributed by atoms with E-state index in [4.69, 9.17) is 9.47 Å². The van der Waals surface area contributed by atoms with E-state index in [1.54, 1.807) is 7.11 Å². The van der Waals surface area contributed by atoms with Gasteiger partial charge in [0.1, 0.15) is 0 Å². The molecule has 0 atom stereocenters. The van der Waals surface area contributed by atoms with Gasteiger partial charge >= 0.3 is 0 Å². The monoisotopic (exact) mass is 311 g/mol. The average Bonchev–Trinajstić information content (AvgIpc) is 2.50. The van der Waals surface area contributed by atoms with Crippen molar-refractivity contribution in [2.75, 3.05) is 32.3 Å². The molecule has 0 fully saturated rings. The molecule has 1 rings (SSSR count). The minimum atomic E-state index is 0.656. The van der Waals surface area contributed by atoms with Gasteiger partial charge in [0, 0.05) is 6.54 Å². The zero-order valence-corrected chi connectivity index (χ0v) is 14.4. The Morgan fingerprint density at radius 2 is 1.90 bits per heavy atom. The maximum absolute atomic E-state index is 5.60. The van der Waals surface area contributed by atoms with Crippen molar-refractivity contribution in [2.45, 2.75) is 39.2 Å². The third-order valence-corrected chi connectivity index (χ3v) is 4.01. The van der Waals surface area contributed by atoms with E-state index in [2.05, 4.69) is 23.7 Å². The van der Waals surface area contributed by atoms with Gasteiger partial charge in [-0.05, 0) is 56.0 Å². The second-order valence-corrected chi connectivity index (χ2v) is 5.99. The maximum Gasteiger partial charge on any atom is 0.161 e. The van der Waals surface area contributed by atoms with Crippen LogP contribution < -0.4 is 14.8 Å². The topological polar surface area (TPSA) is 30.5 Å². The van der Waals surface area contributed by atoms with E-state index in [-0.39, 0.29) is 0 Å². The molecule has 0 saturated carbocycles. The summed E-state index contributed by atoms with van der Waals surface area (Å²) >= 11 is 1.94. The molecular weight excluding hydrogens is 282 g/mol. The summed E-state index contributed by atoms with van der Waals surface area (Å²) in [7, 11) is 1.67. The van der Waals surface area contributed by atoms with Crippen LogP contribution in [0.2, 0.25) is 0 Å². The van der Waals surface area contributed by atoms with Gasteiger partial charge in [0.15, 0.2) is 11.5 Å². The first-order valence-corrected chi connectivity index (χ1v) is 9.20. The molecule has 4 heteroatoms. The second-order valence-electron chi connectivity index (χ2n) is 5.00. The Balaban J connectivity index is 2.24. The van der Waals surface area contributed by atoms with Crippen LogP contribution >= 0.6 is 11.8 Å². The van der Waals surface area contributed by atoms with Crippen molar-refractivity contribution in [2.24, 2.45) is 0 Å². The molecule has 0 heterocycles. The molecule has 0 aromatic heterocycles. The van der Waals surface area contributed by atoms with Gasteiger partial charge in [-0.15, -0.1) is 0 Å². The number of hydrogen-bond donors (Lipinski definition) is 1. The molecule has 1 aromatic carbocycles. The maximum atomic E-state index is 5.60. The highest BCUT2D eigenvalue weighted by Gasteiger charge is 2.04. The molecule has 0 aliphatic carbocycles. The quantitative estimate of drug-likeness (QED) is 0.589. The Morgan fingerprint density at radius 1 is 1.10 bits per heavy atom. The molecule has 1 aromatic rings. The Bertz CT molecular complexity index is 385. The zero-order chi connectivity index (χ0) is 15.3. The lowest BCUT2D eigenvalue weighted by Crippen LogP contribution is -2.14. The number of rotatable bonds is 12. The lowest BCUT2D eigenvalue weighted by atomic mass is 10.2. The van der Waals surface area contributed by atoms with Crippen LogP contribution in [0.3, 0.4) is 0 Å². The molecule has 0 aliphatic rings. The van der Waals surface area contributed by atoms with Crippen LogP contribution in [0.25, 0.3) is 0 Å². The van der Waals surface area contributed by atoms with E-state index < -0.39 is 0 Å². The number of thioether (sulfide) groups is 1. The van der Waals surface area contributed by atoms with E-state index in [9.17, 15) is 0 Å². The summed E-state index contributed by atoms with van der Waals surface area (Å²) in [5, 5.41) is 3.50. The summed E-state index contributed by atoms with van der Waals surface area (Å²) in [5.74, 6) is 2.92. The van der Waals surface area contributed by atoms with Crippen LogP contribution in [-0.2, 0) is 6.54 Å². The highest BCUT2D eigenvalue weighted by molar-refractivity contribution is 7.98. The van der Waals surface area contributed by atoms with Gasteiger partial charge in [-0.3, -0.25) is 0 Å². The Kier molecular flexibility index (Phi) is 10.2. The molecular formula is C17H29NO2S. The number of hydrogen-bond acceptors (Lipinski definition) is 4. The van der Waals surface area contributed by atoms with Crippen LogP contribution in [0, 0.1) is 0 Å². The summed E-state index contributed by atoms with van der Waals surface area (Å²) in [6, 6.07) is 6.13. The fourth-order valence-corrected chi connectivity index (χ4v) is 2.67. The number of benzene rings is 1. The lowest BCUT2D eigenvalue weighted by molar-refractivity contribution is 0.310. The summed E-state index contributed by atoms with van der Waals surface area (Å²) in [4.78, 5) is 0. The average molecular weight is 311 g/mol. The first-order chi connectivity index (χ1) is 10.3. The van der Waals surface area contributed by atoms with E-state index in [0.717, 1.165) is 24.6 Å². The van der Waals surface area contributed by atoms with Crippen molar-refractivity contribution in [3.8, 4) is 11.5 Å². The van der Waals surface area contributed by atoms with Crippen molar-refractivity contribution in [3.63, 3.8) is 0 Å². The van der Waals surface area contributed by atoms with E-state index in [1.807, 2.05) is 24.8 Å². The van der Waals surface area contributed by atoms with Gasteiger partial charge in [-0.2, -0.15) is 11.8 Å². The molecule has 3 nitrogen and oxygen atoms in total. The van der Waals surface area contributed by atoms with Crippen LogP contribution in [0.15, 0.2) is 18.2 Å². The number of methoxy groups -OCH3 is 1. The Morgan fingerprint density at radius 3 is 2.62 bits per heavy atom. The van der Waals surface area contributed by atoms with Crippen molar-refractivity contribution in [1.82, 2.24) is 5.32 Å². The second kappa shape index (κ2) is 11.8. The van der Waals surface area contributed by atoms with Gasteiger partial charge in [0.05, 0.1) is 13.7 Å². The SMILES string of the molecule is CCOc1cc(CNCCCCCCSC)ccc1OC. The van der Waals surface area contributed by atoms with Gasteiger partial charge < -0.3 is 14.8 Å². The van der Waals surface area contributed by atoms with Crippen molar-refractivity contribution < 1.29 is 9.47 Å². The molecule has 0 aliphatic heterocycles. The molecule has 21 heavy (non-hydrogen) atoms. The standard InChI is InChI=1S/C17H29NO2S/c1-4-20-17-13-15(9-10-16(17)19-2)14-18-11-7-5-6-8-12-21-3/h9-10,13,18H,4-8,11-12,14H2,1-3H3. The predicted molar refractivity (Wildman–Crippen MR) is 92.7 cm³/mol. The fraction of sp³-hybridized carbons (Fsp3) is 0.647. The fourth-order valence-electron chi connectivity index (χ4n) is 2.18. The summed E-state index contributed by atoms with van der Waals surface area (Å²) in [6.07, 6.45) is 7.44. The van der Waals surface area contributed by atoms with Gasteiger partial charge in [-0.1, -0.05) is 18.9 Å². The summed E-state index contributed by atoms with van der Waals surface area (Å²) in [6.45, 7) is 4.61. The third kappa shape index (κ3) is 7.63. The highest BCUT2D eigenvalue weighted by atomic mass is 32.2. The zero-order valence-electron chi connectivity index (χ0n) is 13.6. The normalized spacial score (nSPS) is 10.6. The third-order valence-electron chi connectivity index (χ3n) is 3.31. The predicted octanol–water partition coefficient (Wildman–Crippen LogP) is 4.11. The minimum Gasteiger partial charge on any atom is -0.493 e. The van der Waals surface area contributed by atoms with Crippen LogP contribution in [0.4, 0.5) is 0 Å². The molecule has 120 valence electrons. The smallest absolute Gasteiger partial charge is 0.161 e. The van der Waals surface area contributed by atoms with Crippen LogP contribution in [-0.4, -0.2) is 32.3 Å². The molecule has 0 bridgehead atoms. The first-order valence-electron chi connectivity index (χ1n) is 7.81.